The molecule has 0 N–H and O–H groups in total. The lowest BCUT2D eigenvalue weighted by molar-refractivity contribution is -0.122. The Labute approximate surface area is 87.1 Å². The minimum absolute atomic E-state index is 0.0437. The van der Waals surface area contributed by atoms with E-state index in [1.54, 1.807) is 13.0 Å². The van der Waals surface area contributed by atoms with E-state index in [0.717, 1.165) is 6.07 Å². The molecule has 0 fully saturated rings. The molecule has 3 nitrogen and oxygen atoms in total. The van der Waals surface area contributed by atoms with Crippen LogP contribution in [-0.2, 0) is 4.79 Å². The fourth-order valence-electron chi connectivity index (χ4n) is 0.947. The van der Waals surface area contributed by atoms with Crippen molar-refractivity contribution in [3.63, 3.8) is 0 Å². The van der Waals surface area contributed by atoms with Crippen molar-refractivity contribution in [3.05, 3.63) is 29.6 Å². The Balaban J connectivity index is 2.85. The first kappa shape index (κ1) is 11.2. The topological polar surface area (TPSA) is 50.1 Å². The van der Waals surface area contributed by atoms with E-state index < -0.39 is 11.9 Å². The zero-order chi connectivity index (χ0) is 11.4. The lowest BCUT2D eigenvalue weighted by Gasteiger charge is -2.11. The van der Waals surface area contributed by atoms with Gasteiger partial charge in [-0.25, -0.2) is 4.39 Å². The average molecular weight is 207 g/mol. The smallest absolute Gasteiger partial charge is 0.169 e. The molecule has 0 aromatic heterocycles. The van der Waals surface area contributed by atoms with Gasteiger partial charge in [0.2, 0.25) is 0 Å². The summed E-state index contributed by atoms with van der Waals surface area (Å²) in [6.07, 6.45) is -0.614. The van der Waals surface area contributed by atoms with E-state index in [-0.39, 0.29) is 17.1 Å². The van der Waals surface area contributed by atoms with Crippen molar-refractivity contribution in [3.8, 4) is 11.8 Å². The highest BCUT2D eigenvalue weighted by Gasteiger charge is 2.10. The number of nitrogens with zero attached hydrogens (tertiary/aromatic N) is 1. The molecule has 0 aliphatic heterocycles. The normalized spacial score (nSPS) is 11.6. The standard InChI is InChI=1S/C11H10FNO2/c1-7(14)8(2)15-10-4-3-9(6-13)11(12)5-10/h3-5,8H,1-2H3. The molecule has 0 saturated heterocycles. The molecular weight excluding hydrogens is 197 g/mol. The number of hydrogen-bond acceptors (Lipinski definition) is 3. The monoisotopic (exact) mass is 207 g/mol. The molecule has 0 heterocycles. The molecule has 0 radical (unpaired) electrons. The Hall–Kier alpha value is -1.89. The van der Waals surface area contributed by atoms with Crippen molar-refractivity contribution in [2.24, 2.45) is 0 Å². The number of nitriles is 1. The van der Waals surface area contributed by atoms with Crippen molar-refractivity contribution in [1.29, 1.82) is 5.26 Å². The predicted octanol–water partition coefficient (Wildman–Crippen LogP) is 2.05. The number of rotatable bonds is 3. The zero-order valence-corrected chi connectivity index (χ0v) is 8.45. The van der Waals surface area contributed by atoms with Gasteiger partial charge in [-0.2, -0.15) is 5.26 Å². The van der Waals surface area contributed by atoms with Crippen molar-refractivity contribution >= 4 is 5.78 Å². The van der Waals surface area contributed by atoms with Gasteiger partial charge in [0.1, 0.15) is 17.6 Å². The summed E-state index contributed by atoms with van der Waals surface area (Å²) in [5, 5.41) is 8.49. The molecule has 1 unspecified atom stereocenters. The quantitative estimate of drug-likeness (QED) is 0.762. The van der Waals surface area contributed by atoms with Crippen molar-refractivity contribution in [2.75, 3.05) is 0 Å². The fraction of sp³-hybridized carbons (Fsp3) is 0.273. The second kappa shape index (κ2) is 4.56. The van der Waals surface area contributed by atoms with Crippen LogP contribution in [0.1, 0.15) is 19.4 Å². The Morgan fingerprint density at radius 2 is 2.27 bits per heavy atom. The van der Waals surface area contributed by atoms with Crippen LogP contribution < -0.4 is 4.74 Å². The highest BCUT2D eigenvalue weighted by molar-refractivity contribution is 5.80. The van der Waals surface area contributed by atoms with Crippen LogP contribution in [-0.4, -0.2) is 11.9 Å². The van der Waals surface area contributed by atoms with Crippen LogP contribution >= 0.6 is 0 Å². The van der Waals surface area contributed by atoms with Crippen LogP contribution in [0.15, 0.2) is 18.2 Å². The molecule has 1 aromatic rings. The Morgan fingerprint density at radius 3 is 2.73 bits per heavy atom. The van der Waals surface area contributed by atoms with E-state index in [1.165, 1.54) is 19.1 Å². The van der Waals surface area contributed by atoms with Gasteiger partial charge in [-0.15, -0.1) is 0 Å². The van der Waals surface area contributed by atoms with Gasteiger partial charge in [-0.05, 0) is 26.0 Å². The van der Waals surface area contributed by atoms with Crippen LogP contribution in [0.5, 0.6) is 5.75 Å². The Morgan fingerprint density at radius 1 is 1.60 bits per heavy atom. The van der Waals surface area contributed by atoms with Crippen molar-refractivity contribution in [1.82, 2.24) is 0 Å². The van der Waals surface area contributed by atoms with Gasteiger partial charge in [0.15, 0.2) is 11.9 Å². The van der Waals surface area contributed by atoms with E-state index in [9.17, 15) is 9.18 Å². The molecule has 0 saturated carbocycles. The summed E-state index contributed by atoms with van der Waals surface area (Å²) in [7, 11) is 0. The van der Waals surface area contributed by atoms with Crippen LogP contribution in [0.3, 0.4) is 0 Å². The maximum Gasteiger partial charge on any atom is 0.169 e. The third-order valence-corrected chi connectivity index (χ3v) is 1.95. The van der Waals surface area contributed by atoms with Crippen molar-refractivity contribution < 1.29 is 13.9 Å². The van der Waals surface area contributed by atoms with E-state index in [4.69, 9.17) is 10.00 Å². The highest BCUT2D eigenvalue weighted by atomic mass is 19.1. The number of carbonyl (C=O) groups is 1. The van der Waals surface area contributed by atoms with Gasteiger partial charge in [0.05, 0.1) is 5.56 Å². The summed E-state index contributed by atoms with van der Waals surface area (Å²) >= 11 is 0. The Bertz CT molecular complexity index is 423. The fourth-order valence-corrected chi connectivity index (χ4v) is 0.947. The van der Waals surface area contributed by atoms with Gasteiger partial charge < -0.3 is 4.74 Å². The largest absolute Gasteiger partial charge is 0.483 e. The zero-order valence-electron chi connectivity index (χ0n) is 8.45. The summed E-state index contributed by atoms with van der Waals surface area (Å²) in [5.74, 6) is -0.542. The lowest BCUT2D eigenvalue weighted by Crippen LogP contribution is -2.20. The molecule has 78 valence electrons. The van der Waals surface area contributed by atoms with Crippen LogP contribution in [0.4, 0.5) is 4.39 Å². The molecule has 15 heavy (non-hydrogen) atoms. The molecule has 1 rings (SSSR count). The van der Waals surface area contributed by atoms with Crippen LogP contribution in [0, 0.1) is 17.1 Å². The highest BCUT2D eigenvalue weighted by Crippen LogP contribution is 2.17. The SMILES string of the molecule is CC(=O)C(C)Oc1ccc(C#N)c(F)c1. The number of hydrogen-bond donors (Lipinski definition) is 0. The van der Waals surface area contributed by atoms with Gasteiger partial charge in [-0.1, -0.05) is 0 Å². The average Bonchev–Trinajstić information content (AvgIpc) is 2.18. The molecular formula is C11H10FNO2. The maximum absolute atomic E-state index is 13.1. The number of ether oxygens (including phenoxy) is 1. The number of benzene rings is 1. The number of carbonyl (C=O) groups excluding carboxylic acids is 1. The first-order chi connectivity index (χ1) is 7.04. The summed E-state index contributed by atoms with van der Waals surface area (Å²) in [4.78, 5) is 10.9. The van der Waals surface area contributed by atoms with E-state index >= 15 is 0 Å². The first-order valence-electron chi connectivity index (χ1n) is 4.41. The third-order valence-electron chi connectivity index (χ3n) is 1.95. The first-order valence-corrected chi connectivity index (χ1v) is 4.41. The van der Waals surface area contributed by atoms with Gasteiger partial charge in [-0.3, -0.25) is 4.79 Å². The van der Waals surface area contributed by atoms with E-state index in [0.29, 0.717) is 0 Å². The molecule has 1 aromatic carbocycles. The summed E-state index contributed by atoms with van der Waals surface area (Å²) in [6, 6.07) is 5.57. The molecule has 0 bridgehead atoms. The molecule has 1 atom stereocenters. The van der Waals surface area contributed by atoms with Gasteiger partial charge >= 0.3 is 0 Å². The lowest BCUT2D eigenvalue weighted by atomic mass is 10.2. The van der Waals surface area contributed by atoms with Crippen molar-refractivity contribution in [2.45, 2.75) is 20.0 Å². The number of halogens is 1. The number of ketones is 1. The van der Waals surface area contributed by atoms with Gasteiger partial charge in [0.25, 0.3) is 0 Å². The summed E-state index contributed by atoms with van der Waals surface area (Å²) < 4.78 is 18.3. The maximum atomic E-state index is 13.1. The number of Topliss-reactive ketones (excluding diaryl/α,β-unsaturated/α-hetero) is 1. The summed E-state index contributed by atoms with van der Waals surface area (Å²) in [5.41, 5.74) is -0.0437. The molecule has 4 heteroatoms. The Kier molecular flexibility index (Phi) is 3.40. The minimum atomic E-state index is -0.647. The summed E-state index contributed by atoms with van der Waals surface area (Å²) in [6.45, 7) is 2.98. The molecule has 0 spiro atoms. The van der Waals surface area contributed by atoms with Crippen LogP contribution in [0.2, 0.25) is 0 Å². The molecule has 0 amide bonds. The van der Waals surface area contributed by atoms with Crippen LogP contribution in [0.25, 0.3) is 0 Å². The predicted molar refractivity (Wildman–Crippen MR) is 51.9 cm³/mol. The van der Waals surface area contributed by atoms with Gasteiger partial charge in [0, 0.05) is 6.07 Å². The molecule has 0 aliphatic rings. The molecule has 0 aliphatic carbocycles. The second-order valence-corrected chi connectivity index (χ2v) is 3.12. The minimum Gasteiger partial charge on any atom is -0.483 e. The third kappa shape index (κ3) is 2.78. The van der Waals surface area contributed by atoms with E-state index in [2.05, 4.69) is 0 Å². The second-order valence-electron chi connectivity index (χ2n) is 3.12. The van der Waals surface area contributed by atoms with E-state index in [1.807, 2.05) is 0 Å².